The van der Waals surface area contributed by atoms with Crippen LogP contribution in [0.15, 0.2) is 0 Å². The van der Waals surface area contributed by atoms with Gasteiger partial charge in [-0.3, -0.25) is 0 Å². The molecular weight excluding hydrogens is 206 g/mol. The molecule has 1 aliphatic carbocycles. The summed E-state index contributed by atoms with van der Waals surface area (Å²) < 4.78 is 6.02. The van der Waals surface area contributed by atoms with Gasteiger partial charge in [0.25, 0.3) is 0 Å². The second-order valence-corrected chi connectivity index (χ2v) is 5.86. The van der Waals surface area contributed by atoms with Crippen LogP contribution in [-0.4, -0.2) is 36.8 Å². The molecule has 2 rings (SSSR count). The minimum atomic E-state index is 0.273. The van der Waals surface area contributed by atoms with E-state index in [1.54, 1.807) is 0 Å². The maximum atomic E-state index is 6.02. The van der Waals surface area contributed by atoms with Gasteiger partial charge in [0.2, 0.25) is 0 Å². The van der Waals surface area contributed by atoms with E-state index < -0.39 is 0 Å². The van der Waals surface area contributed by atoms with Gasteiger partial charge in [-0.25, -0.2) is 0 Å². The molecule has 1 spiro atoms. The highest BCUT2D eigenvalue weighted by molar-refractivity contribution is 7.98. The largest absolute Gasteiger partial charge is 0.375 e. The summed E-state index contributed by atoms with van der Waals surface area (Å²) in [5, 5.41) is 3.67. The van der Waals surface area contributed by atoms with Gasteiger partial charge in [0.1, 0.15) is 0 Å². The van der Waals surface area contributed by atoms with E-state index in [1.807, 2.05) is 11.8 Å². The Balaban J connectivity index is 1.76. The van der Waals surface area contributed by atoms with Gasteiger partial charge in [-0.05, 0) is 31.9 Å². The summed E-state index contributed by atoms with van der Waals surface area (Å²) in [6, 6.07) is 0.712. The van der Waals surface area contributed by atoms with Gasteiger partial charge in [-0.15, -0.1) is 0 Å². The molecule has 1 saturated heterocycles. The second kappa shape index (κ2) is 5.55. The molecule has 0 aromatic heterocycles. The topological polar surface area (TPSA) is 21.3 Å². The molecule has 0 aromatic carbocycles. The zero-order valence-electron chi connectivity index (χ0n) is 9.76. The van der Waals surface area contributed by atoms with E-state index in [9.17, 15) is 0 Å². The van der Waals surface area contributed by atoms with E-state index in [1.165, 1.54) is 44.3 Å². The fourth-order valence-corrected chi connectivity index (χ4v) is 3.26. The Morgan fingerprint density at radius 3 is 2.93 bits per heavy atom. The summed E-state index contributed by atoms with van der Waals surface area (Å²) in [5.74, 6) is 1.23. The summed E-state index contributed by atoms with van der Waals surface area (Å²) >= 11 is 1.92. The Hall–Kier alpha value is 0.270. The van der Waals surface area contributed by atoms with Crippen molar-refractivity contribution in [2.24, 2.45) is 0 Å². The van der Waals surface area contributed by atoms with Crippen LogP contribution in [0.5, 0.6) is 0 Å². The summed E-state index contributed by atoms with van der Waals surface area (Å²) in [4.78, 5) is 0. The SMILES string of the molecule is CSCCNC1CCOC2(CCCC2)C1. The lowest BCUT2D eigenvalue weighted by Crippen LogP contribution is -2.46. The molecule has 3 heteroatoms. The van der Waals surface area contributed by atoms with Gasteiger partial charge < -0.3 is 10.1 Å². The van der Waals surface area contributed by atoms with Crippen LogP contribution in [-0.2, 0) is 4.74 Å². The molecule has 1 aliphatic heterocycles. The maximum Gasteiger partial charge on any atom is 0.0697 e. The lowest BCUT2D eigenvalue weighted by atomic mass is 9.89. The predicted octanol–water partition coefficient (Wildman–Crippen LogP) is 2.43. The van der Waals surface area contributed by atoms with Gasteiger partial charge in [0.15, 0.2) is 0 Å². The van der Waals surface area contributed by atoms with Crippen LogP contribution in [0.3, 0.4) is 0 Å². The fraction of sp³-hybridized carbons (Fsp3) is 1.00. The molecule has 1 atom stereocenters. The number of hydrogen-bond acceptors (Lipinski definition) is 3. The molecule has 2 nitrogen and oxygen atoms in total. The Morgan fingerprint density at radius 2 is 2.20 bits per heavy atom. The van der Waals surface area contributed by atoms with Crippen molar-refractivity contribution in [3.8, 4) is 0 Å². The van der Waals surface area contributed by atoms with E-state index in [0.717, 1.165) is 13.2 Å². The minimum Gasteiger partial charge on any atom is -0.375 e. The molecule has 0 bridgehead atoms. The number of thioether (sulfide) groups is 1. The van der Waals surface area contributed by atoms with Crippen molar-refractivity contribution in [2.45, 2.75) is 50.2 Å². The first-order valence-corrected chi connectivity index (χ1v) is 7.60. The normalized spacial score (nSPS) is 29.8. The zero-order chi connectivity index (χ0) is 10.6. The van der Waals surface area contributed by atoms with Crippen molar-refractivity contribution in [1.82, 2.24) is 5.32 Å². The average molecular weight is 229 g/mol. The summed E-state index contributed by atoms with van der Waals surface area (Å²) in [6.45, 7) is 2.12. The summed E-state index contributed by atoms with van der Waals surface area (Å²) in [6.07, 6.45) is 9.97. The van der Waals surface area contributed by atoms with Gasteiger partial charge >= 0.3 is 0 Å². The highest BCUT2D eigenvalue weighted by atomic mass is 32.2. The minimum absolute atomic E-state index is 0.273. The van der Waals surface area contributed by atoms with Crippen LogP contribution < -0.4 is 5.32 Å². The summed E-state index contributed by atoms with van der Waals surface area (Å²) in [5.41, 5.74) is 0.273. The number of rotatable bonds is 4. The molecule has 2 aliphatic rings. The van der Waals surface area contributed by atoms with Crippen molar-refractivity contribution < 1.29 is 4.74 Å². The molecule has 2 fully saturated rings. The van der Waals surface area contributed by atoms with Crippen LogP contribution in [0.1, 0.15) is 38.5 Å². The van der Waals surface area contributed by atoms with Crippen LogP contribution >= 0.6 is 11.8 Å². The van der Waals surface area contributed by atoms with E-state index in [4.69, 9.17) is 4.74 Å². The van der Waals surface area contributed by atoms with Gasteiger partial charge in [-0.1, -0.05) is 12.8 Å². The Kier molecular flexibility index (Phi) is 4.35. The van der Waals surface area contributed by atoms with Crippen LogP contribution in [0.25, 0.3) is 0 Å². The average Bonchev–Trinajstić information content (AvgIpc) is 2.67. The van der Waals surface area contributed by atoms with E-state index >= 15 is 0 Å². The first-order valence-electron chi connectivity index (χ1n) is 6.21. The Morgan fingerprint density at radius 1 is 1.40 bits per heavy atom. The fourth-order valence-electron chi connectivity index (χ4n) is 2.93. The maximum absolute atomic E-state index is 6.02. The standard InChI is InChI=1S/C12H23NOS/c1-15-9-7-13-11-4-8-14-12(10-11)5-2-3-6-12/h11,13H,2-10H2,1H3. The van der Waals surface area contributed by atoms with Crippen LogP contribution in [0, 0.1) is 0 Å². The molecule has 15 heavy (non-hydrogen) atoms. The number of ether oxygens (including phenoxy) is 1. The zero-order valence-corrected chi connectivity index (χ0v) is 10.6. The Bertz CT molecular complexity index is 192. The molecule has 0 aromatic rings. The molecule has 88 valence electrons. The third-order valence-corrected chi connectivity index (χ3v) is 4.36. The van der Waals surface area contributed by atoms with Crippen LogP contribution in [0.2, 0.25) is 0 Å². The van der Waals surface area contributed by atoms with Crippen molar-refractivity contribution in [3.05, 3.63) is 0 Å². The van der Waals surface area contributed by atoms with Crippen molar-refractivity contribution in [1.29, 1.82) is 0 Å². The quantitative estimate of drug-likeness (QED) is 0.748. The molecule has 0 radical (unpaired) electrons. The van der Waals surface area contributed by atoms with Crippen molar-refractivity contribution in [3.63, 3.8) is 0 Å². The van der Waals surface area contributed by atoms with E-state index in [0.29, 0.717) is 6.04 Å². The number of nitrogens with one attached hydrogen (secondary N) is 1. The van der Waals surface area contributed by atoms with Gasteiger partial charge in [0.05, 0.1) is 5.60 Å². The van der Waals surface area contributed by atoms with E-state index in [-0.39, 0.29) is 5.60 Å². The molecular formula is C12H23NOS. The second-order valence-electron chi connectivity index (χ2n) is 4.88. The molecule has 1 saturated carbocycles. The number of hydrogen-bond donors (Lipinski definition) is 1. The highest BCUT2D eigenvalue weighted by Gasteiger charge is 2.39. The first kappa shape index (κ1) is 11.7. The molecule has 0 amide bonds. The van der Waals surface area contributed by atoms with Gasteiger partial charge in [-0.2, -0.15) is 11.8 Å². The lowest BCUT2D eigenvalue weighted by Gasteiger charge is -2.38. The third-order valence-electron chi connectivity index (χ3n) is 3.75. The lowest BCUT2D eigenvalue weighted by molar-refractivity contribution is -0.0833. The highest BCUT2D eigenvalue weighted by Crippen LogP contribution is 2.39. The molecule has 1 N–H and O–H groups in total. The van der Waals surface area contributed by atoms with Crippen molar-refractivity contribution in [2.75, 3.05) is 25.2 Å². The van der Waals surface area contributed by atoms with E-state index in [2.05, 4.69) is 11.6 Å². The van der Waals surface area contributed by atoms with Crippen molar-refractivity contribution >= 4 is 11.8 Å². The first-order chi connectivity index (χ1) is 7.35. The third kappa shape index (κ3) is 3.11. The molecule has 1 heterocycles. The smallest absolute Gasteiger partial charge is 0.0697 e. The van der Waals surface area contributed by atoms with Gasteiger partial charge in [0, 0.05) is 24.9 Å². The monoisotopic (exact) mass is 229 g/mol. The predicted molar refractivity (Wildman–Crippen MR) is 66.6 cm³/mol. The van der Waals surface area contributed by atoms with Crippen LogP contribution in [0.4, 0.5) is 0 Å². The Labute approximate surface area is 97.5 Å². The summed E-state index contributed by atoms with van der Waals surface area (Å²) in [7, 11) is 0. The molecule has 1 unspecified atom stereocenters.